The average Bonchev–Trinajstić information content (AvgIpc) is 3.05. The molecule has 0 saturated carbocycles. The first-order valence-electron chi connectivity index (χ1n) is 7.03. The van der Waals surface area contributed by atoms with Crippen LogP contribution in [-0.2, 0) is 12.7 Å². The maximum atomic E-state index is 13.3. The molecule has 0 bridgehead atoms. The van der Waals surface area contributed by atoms with Gasteiger partial charge in [-0.1, -0.05) is 0 Å². The Hall–Kier alpha value is -1.41. The average molecular weight is 302 g/mol. The van der Waals surface area contributed by atoms with E-state index in [4.69, 9.17) is 0 Å². The van der Waals surface area contributed by atoms with E-state index >= 15 is 0 Å². The second kappa shape index (κ2) is 5.10. The van der Waals surface area contributed by atoms with Crippen LogP contribution in [0.1, 0.15) is 47.9 Å². The molecule has 3 rings (SSSR count). The van der Waals surface area contributed by atoms with Crippen molar-refractivity contribution in [1.29, 1.82) is 0 Å². The van der Waals surface area contributed by atoms with Gasteiger partial charge in [-0.05, 0) is 12.8 Å². The summed E-state index contributed by atoms with van der Waals surface area (Å²) in [6.45, 7) is 3.47. The van der Waals surface area contributed by atoms with Crippen molar-refractivity contribution in [3.05, 3.63) is 17.2 Å². The molecule has 5 nitrogen and oxygen atoms in total. The summed E-state index contributed by atoms with van der Waals surface area (Å²) in [6, 6.07) is 0. The zero-order valence-corrected chi connectivity index (χ0v) is 11.7. The fraction of sp³-hybridized carbons (Fsp3) is 0.692. The van der Waals surface area contributed by atoms with Gasteiger partial charge in [0.1, 0.15) is 11.9 Å². The fourth-order valence-electron chi connectivity index (χ4n) is 3.18. The Bertz CT molecular complexity index is 560. The molecule has 0 aromatic carbocycles. The summed E-state index contributed by atoms with van der Waals surface area (Å²) >= 11 is 0. The SMILES string of the molecule is CC(=O)c1nc(C(F)(F)F)n2c1CNCC2N1CCCC1. The van der Waals surface area contributed by atoms with Crippen LogP contribution in [0.3, 0.4) is 0 Å². The normalized spacial score (nSPS) is 23.3. The minimum atomic E-state index is -4.56. The van der Waals surface area contributed by atoms with E-state index in [0.29, 0.717) is 12.2 Å². The number of ketones is 1. The van der Waals surface area contributed by atoms with Gasteiger partial charge in [-0.15, -0.1) is 0 Å². The number of nitrogens with zero attached hydrogens (tertiary/aromatic N) is 3. The number of rotatable bonds is 2. The molecule has 2 aliphatic heterocycles. The van der Waals surface area contributed by atoms with E-state index in [1.165, 1.54) is 11.5 Å². The van der Waals surface area contributed by atoms with Crippen LogP contribution in [0.2, 0.25) is 0 Å². The molecular weight excluding hydrogens is 285 g/mol. The quantitative estimate of drug-likeness (QED) is 0.847. The van der Waals surface area contributed by atoms with E-state index in [9.17, 15) is 18.0 Å². The Morgan fingerprint density at radius 1 is 1.33 bits per heavy atom. The Kier molecular flexibility index (Phi) is 3.53. The number of Topliss-reactive ketones (excluding diaryl/α,β-unsaturated/α-hetero) is 1. The van der Waals surface area contributed by atoms with Gasteiger partial charge >= 0.3 is 6.18 Å². The van der Waals surface area contributed by atoms with E-state index < -0.39 is 23.9 Å². The maximum absolute atomic E-state index is 13.3. The number of hydrogen-bond acceptors (Lipinski definition) is 4. The molecule has 2 aliphatic rings. The molecule has 1 N–H and O–H groups in total. The van der Waals surface area contributed by atoms with Gasteiger partial charge in [0.25, 0.3) is 0 Å². The topological polar surface area (TPSA) is 50.2 Å². The summed E-state index contributed by atoms with van der Waals surface area (Å²) < 4.78 is 41.1. The first-order chi connectivity index (χ1) is 9.89. The lowest BCUT2D eigenvalue weighted by Gasteiger charge is -2.35. The number of hydrogen-bond donors (Lipinski definition) is 1. The van der Waals surface area contributed by atoms with Crippen LogP contribution < -0.4 is 5.32 Å². The van der Waals surface area contributed by atoms with Crippen molar-refractivity contribution in [3.63, 3.8) is 0 Å². The van der Waals surface area contributed by atoms with Crippen LogP contribution in [0.25, 0.3) is 0 Å². The molecule has 1 atom stereocenters. The number of alkyl halides is 3. The van der Waals surface area contributed by atoms with Crippen molar-refractivity contribution in [3.8, 4) is 0 Å². The van der Waals surface area contributed by atoms with Gasteiger partial charge in [-0.3, -0.25) is 9.69 Å². The number of carbonyl (C=O) groups excluding carboxylic acids is 1. The van der Waals surface area contributed by atoms with Crippen molar-refractivity contribution in [1.82, 2.24) is 19.8 Å². The standard InChI is InChI=1S/C13H17F3N4O/c1-8(21)11-9-6-17-7-10(19-4-2-3-5-19)20(9)12(18-11)13(14,15)16/h10,17H,2-7H2,1H3. The highest BCUT2D eigenvalue weighted by Gasteiger charge is 2.43. The van der Waals surface area contributed by atoms with E-state index in [1.807, 2.05) is 4.90 Å². The molecule has 1 saturated heterocycles. The predicted octanol–water partition coefficient (Wildman–Crippen LogP) is 1.80. The Balaban J connectivity index is 2.12. The second-order valence-corrected chi connectivity index (χ2v) is 5.51. The summed E-state index contributed by atoms with van der Waals surface area (Å²) in [6.07, 6.45) is -3.01. The van der Waals surface area contributed by atoms with Gasteiger partial charge in [0.05, 0.1) is 5.69 Å². The molecule has 8 heteroatoms. The summed E-state index contributed by atoms with van der Waals surface area (Å²) in [5, 5.41) is 3.11. The van der Waals surface area contributed by atoms with Gasteiger partial charge in [0.15, 0.2) is 5.78 Å². The molecule has 21 heavy (non-hydrogen) atoms. The fourth-order valence-corrected chi connectivity index (χ4v) is 3.18. The third-order valence-corrected chi connectivity index (χ3v) is 4.08. The highest BCUT2D eigenvalue weighted by molar-refractivity contribution is 5.93. The predicted molar refractivity (Wildman–Crippen MR) is 68.8 cm³/mol. The molecule has 0 amide bonds. The Morgan fingerprint density at radius 3 is 2.57 bits per heavy atom. The van der Waals surface area contributed by atoms with Gasteiger partial charge in [-0.2, -0.15) is 13.2 Å². The first kappa shape index (κ1) is 14.5. The number of carbonyl (C=O) groups is 1. The van der Waals surface area contributed by atoms with Crippen LogP contribution in [0.4, 0.5) is 13.2 Å². The monoisotopic (exact) mass is 302 g/mol. The molecule has 1 aromatic rings. The van der Waals surface area contributed by atoms with Crippen molar-refractivity contribution >= 4 is 5.78 Å². The Morgan fingerprint density at radius 2 is 2.00 bits per heavy atom. The van der Waals surface area contributed by atoms with Gasteiger partial charge < -0.3 is 9.88 Å². The van der Waals surface area contributed by atoms with E-state index in [0.717, 1.165) is 25.9 Å². The van der Waals surface area contributed by atoms with E-state index in [1.54, 1.807) is 0 Å². The number of nitrogens with one attached hydrogen (secondary N) is 1. The third kappa shape index (κ3) is 2.46. The largest absolute Gasteiger partial charge is 0.449 e. The number of halogens is 3. The van der Waals surface area contributed by atoms with Crippen LogP contribution >= 0.6 is 0 Å². The second-order valence-electron chi connectivity index (χ2n) is 5.51. The summed E-state index contributed by atoms with van der Waals surface area (Å²) in [7, 11) is 0. The molecule has 0 radical (unpaired) electrons. The summed E-state index contributed by atoms with van der Waals surface area (Å²) in [5.41, 5.74) is 0.275. The molecule has 0 spiro atoms. The zero-order chi connectivity index (χ0) is 15.2. The Labute approximate surface area is 120 Å². The highest BCUT2D eigenvalue weighted by Crippen LogP contribution is 2.35. The molecule has 0 aliphatic carbocycles. The molecular formula is C13H17F3N4O. The van der Waals surface area contributed by atoms with Crippen LogP contribution in [0, 0.1) is 0 Å². The molecule has 116 valence electrons. The van der Waals surface area contributed by atoms with Crippen molar-refractivity contribution in [2.75, 3.05) is 19.6 Å². The lowest BCUT2D eigenvalue weighted by Crippen LogP contribution is -2.44. The molecule has 1 fully saturated rings. The number of aromatic nitrogens is 2. The minimum absolute atomic E-state index is 0.0706. The number of fused-ring (bicyclic) bond motifs is 1. The molecule has 1 unspecified atom stereocenters. The van der Waals surface area contributed by atoms with E-state index in [2.05, 4.69) is 10.3 Å². The molecule has 1 aromatic heterocycles. The zero-order valence-electron chi connectivity index (χ0n) is 11.7. The van der Waals surface area contributed by atoms with Crippen LogP contribution in [0.5, 0.6) is 0 Å². The van der Waals surface area contributed by atoms with Crippen molar-refractivity contribution in [2.45, 2.75) is 38.7 Å². The number of likely N-dealkylation sites (tertiary alicyclic amines) is 1. The van der Waals surface area contributed by atoms with Gasteiger partial charge in [0.2, 0.25) is 5.82 Å². The van der Waals surface area contributed by atoms with Gasteiger partial charge in [0, 0.05) is 33.1 Å². The summed E-state index contributed by atoms with van der Waals surface area (Å²) in [4.78, 5) is 17.2. The molecule has 3 heterocycles. The smallest absolute Gasteiger partial charge is 0.308 e. The minimum Gasteiger partial charge on any atom is -0.308 e. The number of imidazole rings is 1. The third-order valence-electron chi connectivity index (χ3n) is 4.08. The highest BCUT2D eigenvalue weighted by atomic mass is 19.4. The van der Waals surface area contributed by atoms with Crippen LogP contribution in [0.15, 0.2) is 0 Å². The first-order valence-corrected chi connectivity index (χ1v) is 7.03. The summed E-state index contributed by atoms with van der Waals surface area (Å²) in [5.74, 6) is -1.39. The lowest BCUT2D eigenvalue weighted by molar-refractivity contribution is -0.149. The van der Waals surface area contributed by atoms with Crippen molar-refractivity contribution < 1.29 is 18.0 Å². The van der Waals surface area contributed by atoms with Gasteiger partial charge in [-0.25, -0.2) is 4.98 Å². The van der Waals surface area contributed by atoms with Crippen LogP contribution in [-0.4, -0.2) is 39.9 Å². The van der Waals surface area contributed by atoms with E-state index in [-0.39, 0.29) is 12.2 Å². The maximum Gasteiger partial charge on any atom is 0.449 e. The van der Waals surface area contributed by atoms with Crippen molar-refractivity contribution in [2.24, 2.45) is 0 Å². The lowest BCUT2D eigenvalue weighted by atomic mass is 10.2.